The number of furan rings is 1. The molecule has 2 aromatic heterocycles. The summed E-state index contributed by atoms with van der Waals surface area (Å²) in [7, 11) is 0. The van der Waals surface area contributed by atoms with E-state index in [1.165, 1.54) is 0 Å². The fraction of sp³-hybridized carbons (Fsp3) is 0.273. The number of imidazole rings is 1. The van der Waals surface area contributed by atoms with Crippen LogP contribution in [0.15, 0.2) is 40.4 Å². The molecule has 0 radical (unpaired) electrons. The molecule has 0 atom stereocenters. The average molecular weight is 233 g/mol. The van der Waals surface area contributed by atoms with Crippen molar-refractivity contribution < 1.29 is 4.42 Å². The van der Waals surface area contributed by atoms with E-state index in [1.54, 1.807) is 24.2 Å². The first-order valence-electron chi connectivity index (χ1n) is 4.93. The van der Waals surface area contributed by atoms with Crippen LogP contribution in [0.1, 0.15) is 12.2 Å². The number of thioether (sulfide) groups is 1. The van der Waals surface area contributed by atoms with Crippen LogP contribution >= 0.6 is 11.8 Å². The Balaban J connectivity index is 1.99. The summed E-state index contributed by atoms with van der Waals surface area (Å²) in [6, 6.07) is 5.92. The second-order valence-electron chi connectivity index (χ2n) is 3.17. The monoisotopic (exact) mass is 233 g/mol. The van der Waals surface area contributed by atoms with Crippen molar-refractivity contribution >= 4 is 11.8 Å². The molecule has 16 heavy (non-hydrogen) atoms. The molecule has 0 N–H and O–H groups in total. The molecular weight excluding hydrogens is 222 g/mol. The van der Waals surface area contributed by atoms with Crippen molar-refractivity contribution in [2.75, 3.05) is 5.75 Å². The number of aromatic nitrogens is 2. The van der Waals surface area contributed by atoms with Gasteiger partial charge in [-0.1, -0.05) is 11.8 Å². The fourth-order valence-electron chi connectivity index (χ4n) is 1.31. The van der Waals surface area contributed by atoms with Gasteiger partial charge in [0.05, 0.1) is 18.9 Å². The van der Waals surface area contributed by atoms with E-state index in [-0.39, 0.29) is 0 Å². The van der Waals surface area contributed by atoms with Gasteiger partial charge in [-0.15, -0.1) is 0 Å². The molecule has 0 saturated carbocycles. The summed E-state index contributed by atoms with van der Waals surface area (Å²) in [5.41, 5.74) is 0. The normalized spacial score (nSPS) is 10.2. The first kappa shape index (κ1) is 10.8. The largest absolute Gasteiger partial charge is 0.467 e. The van der Waals surface area contributed by atoms with Gasteiger partial charge in [0.25, 0.3) is 0 Å². The highest BCUT2D eigenvalue weighted by atomic mass is 32.2. The van der Waals surface area contributed by atoms with E-state index in [4.69, 9.17) is 9.68 Å². The Morgan fingerprint density at radius 2 is 2.50 bits per heavy atom. The minimum atomic E-state index is 0.540. The van der Waals surface area contributed by atoms with Crippen molar-refractivity contribution in [2.45, 2.75) is 18.1 Å². The SMILES string of the molecule is N#CCCSc1nccn1Cc1ccco1. The predicted octanol–water partition coefficient (Wildman–Crippen LogP) is 2.53. The van der Waals surface area contributed by atoms with Crippen LogP contribution in [0.2, 0.25) is 0 Å². The van der Waals surface area contributed by atoms with Gasteiger partial charge in [-0.2, -0.15) is 5.26 Å². The summed E-state index contributed by atoms with van der Waals surface area (Å²) in [5.74, 6) is 1.67. The van der Waals surface area contributed by atoms with Crippen molar-refractivity contribution in [3.05, 3.63) is 36.5 Å². The molecule has 0 fully saturated rings. The Morgan fingerprint density at radius 1 is 1.56 bits per heavy atom. The average Bonchev–Trinajstić information content (AvgIpc) is 2.92. The number of nitrogens with zero attached hydrogens (tertiary/aromatic N) is 3. The van der Waals surface area contributed by atoms with Crippen molar-refractivity contribution in [3.63, 3.8) is 0 Å². The number of nitriles is 1. The molecule has 2 heterocycles. The summed E-state index contributed by atoms with van der Waals surface area (Å²) in [6.07, 6.45) is 5.88. The summed E-state index contributed by atoms with van der Waals surface area (Å²) in [6.45, 7) is 0.682. The van der Waals surface area contributed by atoms with E-state index >= 15 is 0 Å². The fourth-order valence-corrected chi connectivity index (χ4v) is 2.12. The third-order valence-electron chi connectivity index (χ3n) is 2.03. The Morgan fingerprint density at radius 3 is 3.25 bits per heavy atom. The lowest BCUT2D eigenvalue weighted by Crippen LogP contribution is -1.99. The Kier molecular flexibility index (Phi) is 3.67. The Bertz CT molecular complexity index is 470. The third-order valence-corrected chi connectivity index (χ3v) is 3.03. The lowest BCUT2D eigenvalue weighted by molar-refractivity contribution is 0.484. The van der Waals surface area contributed by atoms with Crippen LogP contribution in [0.25, 0.3) is 0 Å². The van der Waals surface area contributed by atoms with Crippen LogP contribution in [0.5, 0.6) is 0 Å². The highest BCUT2D eigenvalue weighted by Gasteiger charge is 2.05. The minimum absolute atomic E-state index is 0.540. The molecule has 4 nitrogen and oxygen atoms in total. The van der Waals surface area contributed by atoms with Gasteiger partial charge in [-0.05, 0) is 12.1 Å². The zero-order valence-corrected chi connectivity index (χ0v) is 9.48. The number of hydrogen-bond donors (Lipinski definition) is 0. The van der Waals surface area contributed by atoms with E-state index in [1.807, 2.05) is 22.9 Å². The zero-order valence-electron chi connectivity index (χ0n) is 8.67. The highest BCUT2D eigenvalue weighted by molar-refractivity contribution is 7.99. The van der Waals surface area contributed by atoms with Crippen LogP contribution in [-0.2, 0) is 6.54 Å². The van der Waals surface area contributed by atoms with Gasteiger partial charge < -0.3 is 8.98 Å². The maximum atomic E-state index is 8.47. The molecule has 0 aromatic carbocycles. The maximum Gasteiger partial charge on any atom is 0.168 e. The molecule has 0 unspecified atom stereocenters. The van der Waals surface area contributed by atoms with Crippen LogP contribution in [0.4, 0.5) is 0 Å². The Labute approximate surface area is 97.9 Å². The second kappa shape index (κ2) is 5.42. The summed E-state index contributed by atoms with van der Waals surface area (Å²) in [5, 5.41) is 9.39. The van der Waals surface area contributed by atoms with Gasteiger partial charge >= 0.3 is 0 Å². The summed E-state index contributed by atoms with van der Waals surface area (Å²) >= 11 is 1.59. The van der Waals surface area contributed by atoms with E-state index < -0.39 is 0 Å². The minimum Gasteiger partial charge on any atom is -0.467 e. The summed E-state index contributed by atoms with van der Waals surface area (Å²) < 4.78 is 7.29. The van der Waals surface area contributed by atoms with Gasteiger partial charge in [-0.3, -0.25) is 0 Å². The number of hydrogen-bond acceptors (Lipinski definition) is 4. The van der Waals surface area contributed by atoms with E-state index in [0.717, 1.165) is 16.7 Å². The number of rotatable bonds is 5. The highest BCUT2D eigenvalue weighted by Crippen LogP contribution is 2.17. The lowest BCUT2D eigenvalue weighted by Gasteiger charge is -2.04. The van der Waals surface area contributed by atoms with E-state index in [2.05, 4.69) is 11.1 Å². The molecule has 0 aliphatic carbocycles. The Hall–Kier alpha value is -1.67. The smallest absolute Gasteiger partial charge is 0.168 e. The maximum absolute atomic E-state index is 8.47. The molecule has 0 amide bonds. The first-order valence-corrected chi connectivity index (χ1v) is 5.92. The molecule has 0 spiro atoms. The molecular formula is C11H11N3OS. The molecule has 2 aromatic rings. The van der Waals surface area contributed by atoms with Gasteiger partial charge in [0.15, 0.2) is 5.16 Å². The van der Waals surface area contributed by atoms with Crippen molar-refractivity contribution in [2.24, 2.45) is 0 Å². The molecule has 0 aliphatic rings. The van der Waals surface area contributed by atoms with Crippen LogP contribution in [0, 0.1) is 11.3 Å². The van der Waals surface area contributed by atoms with Crippen molar-refractivity contribution in [1.82, 2.24) is 9.55 Å². The molecule has 0 bridgehead atoms. The van der Waals surface area contributed by atoms with Gasteiger partial charge in [0.2, 0.25) is 0 Å². The third kappa shape index (κ3) is 2.67. The second-order valence-corrected chi connectivity index (χ2v) is 4.24. The summed E-state index contributed by atoms with van der Waals surface area (Å²) in [4.78, 5) is 4.24. The first-order chi connectivity index (χ1) is 7.90. The van der Waals surface area contributed by atoms with E-state index in [9.17, 15) is 0 Å². The molecule has 2 rings (SSSR count). The molecule has 82 valence electrons. The van der Waals surface area contributed by atoms with Gasteiger partial charge in [0, 0.05) is 24.6 Å². The molecule has 0 saturated heterocycles. The van der Waals surface area contributed by atoms with Crippen LogP contribution in [-0.4, -0.2) is 15.3 Å². The topological polar surface area (TPSA) is 54.8 Å². The molecule has 5 heteroatoms. The van der Waals surface area contributed by atoms with E-state index in [0.29, 0.717) is 13.0 Å². The van der Waals surface area contributed by atoms with Crippen molar-refractivity contribution in [3.8, 4) is 6.07 Å². The van der Waals surface area contributed by atoms with Gasteiger partial charge in [0.1, 0.15) is 5.76 Å². The van der Waals surface area contributed by atoms with Crippen LogP contribution in [0.3, 0.4) is 0 Å². The molecule has 0 aliphatic heterocycles. The standard InChI is InChI=1S/C11H11N3OS/c12-4-2-8-16-11-13-5-6-14(11)9-10-3-1-7-15-10/h1,3,5-7H,2,8-9H2. The quantitative estimate of drug-likeness (QED) is 0.588. The lowest BCUT2D eigenvalue weighted by atomic mass is 10.4. The van der Waals surface area contributed by atoms with Crippen LogP contribution < -0.4 is 0 Å². The zero-order chi connectivity index (χ0) is 11.2. The van der Waals surface area contributed by atoms with Gasteiger partial charge in [-0.25, -0.2) is 4.98 Å². The van der Waals surface area contributed by atoms with Crippen molar-refractivity contribution in [1.29, 1.82) is 5.26 Å². The predicted molar refractivity (Wildman–Crippen MR) is 61.0 cm³/mol.